The molecule has 2 aliphatic rings. The number of rotatable bonds is 4. The van der Waals surface area contributed by atoms with Gasteiger partial charge in [0.1, 0.15) is 0 Å². The Kier molecular flexibility index (Phi) is 4.38. The Bertz CT molecular complexity index is 619. The average molecular weight is 319 g/mol. The van der Waals surface area contributed by atoms with Crippen LogP contribution in [0, 0.1) is 0 Å². The van der Waals surface area contributed by atoms with E-state index >= 15 is 0 Å². The van der Waals surface area contributed by atoms with Crippen LogP contribution in [0.25, 0.3) is 0 Å². The second-order valence-electron chi connectivity index (χ2n) is 5.75. The van der Waals surface area contributed by atoms with Crippen molar-refractivity contribution in [3.05, 3.63) is 23.8 Å². The van der Waals surface area contributed by atoms with Crippen molar-refractivity contribution in [2.24, 2.45) is 0 Å². The Balaban J connectivity index is 1.71. The van der Waals surface area contributed by atoms with Crippen molar-refractivity contribution < 1.29 is 19.1 Å². The zero-order chi connectivity index (χ0) is 16.4. The predicted molar refractivity (Wildman–Crippen MR) is 83.3 cm³/mol. The maximum absolute atomic E-state index is 11.9. The number of hydrogen-bond donors (Lipinski definition) is 1. The fourth-order valence-electron chi connectivity index (χ4n) is 3.24. The molecule has 0 bridgehead atoms. The van der Waals surface area contributed by atoms with Gasteiger partial charge in [0.05, 0.1) is 20.3 Å². The van der Waals surface area contributed by atoms with Crippen LogP contribution in [0.1, 0.15) is 5.56 Å². The molecule has 0 spiro atoms. The molecule has 1 aromatic rings. The van der Waals surface area contributed by atoms with Crippen molar-refractivity contribution in [2.75, 3.05) is 40.4 Å². The van der Waals surface area contributed by atoms with Crippen LogP contribution in [0.2, 0.25) is 0 Å². The van der Waals surface area contributed by atoms with Crippen LogP contribution in [0.15, 0.2) is 18.2 Å². The van der Waals surface area contributed by atoms with Gasteiger partial charge in [-0.3, -0.25) is 14.5 Å². The lowest BCUT2D eigenvalue weighted by molar-refractivity contribution is -0.152. The number of para-hydroxylation sites is 1. The number of methoxy groups -OCH3 is 2. The lowest BCUT2D eigenvalue weighted by atomic mass is 10.1. The number of nitrogens with one attached hydrogen (secondary N) is 1. The minimum absolute atomic E-state index is 0.0329. The Hall–Kier alpha value is -2.28. The molecule has 2 fully saturated rings. The topological polar surface area (TPSA) is 71.1 Å². The number of benzene rings is 1. The molecule has 0 unspecified atom stereocenters. The highest BCUT2D eigenvalue weighted by molar-refractivity contribution is 6.35. The largest absolute Gasteiger partial charge is 0.493 e. The molecule has 0 saturated carbocycles. The van der Waals surface area contributed by atoms with E-state index in [9.17, 15) is 9.59 Å². The third-order valence-corrected chi connectivity index (χ3v) is 4.40. The summed E-state index contributed by atoms with van der Waals surface area (Å²) in [5.74, 6) is 0.540. The zero-order valence-corrected chi connectivity index (χ0v) is 13.4. The van der Waals surface area contributed by atoms with Crippen molar-refractivity contribution in [2.45, 2.75) is 12.6 Å². The van der Waals surface area contributed by atoms with Gasteiger partial charge in [-0.2, -0.15) is 0 Å². The number of fused-ring (bicyclic) bond motifs is 1. The average Bonchev–Trinajstić information content (AvgIpc) is 2.58. The van der Waals surface area contributed by atoms with E-state index in [1.165, 1.54) is 0 Å². The molecule has 2 aliphatic heterocycles. The quantitative estimate of drug-likeness (QED) is 0.781. The van der Waals surface area contributed by atoms with Gasteiger partial charge in [-0.05, 0) is 6.07 Å². The van der Waals surface area contributed by atoms with Crippen molar-refractivity contribution >= 4 is 11.8 Å². The summed E-state index contributed by atoms with van der Waals surface area (Å²) in [6.07, 6.45) is 0. The van der Waals surface area contributed by atoms with Gasteiger partial charge < -0.3 is 19.7 Å². The normalized spacial score (nSPS) is 21.7. The summed E-state index contributed by atoms with van der Waals surface area (Å²) in [6.45, 7) is 3.26. The molecule has 1 aromatic carbocycles. The highest BCUT2D eigenvalue weighted by Gasteiger charge is 2.37. The molecule has 3 rings (SSSR count). The Morgan fingerprint density at radius 1 is 1.22 bits per heavy atom. The molecular formula is C16H21N3O4. The maximum Gasteiger partial charge on any atom is 0.312 e. The highest BCUT2D eigenvalue weighted by Crippen LogP contribution is 2.31. The monoisotopic (exact) mass is 319 g/mol. The molecule has 1 atom stereocenters. The Labute approximate surface area is 135 Å². The first-order valence-corrected chi connectivity index (χ1v) is 7.65. The first-order valence-electron chi connectivity index (χ1n) is 7.65. The van der Waals surface area contributed by atoms with E-state index in [1.54, 1.807) is 19.1 Å². The van der Waals surface area contributed by atoms with E-state index < -0.39 is 11.8 Å². The standard InChI is InChI=1S/C16H21N3O4/c1-22-13-5-3-4-11(14(13)23-2)9-18-6-7-19-12(10-18)8-17-15(20)16(19)21/h3-5,12H,6-10H2,1-2H3,(H,17,20)/t12-/m0/s1. The summed E-state index contributed by atoms with van der Waals surface area (Å²) >= 11 is 0. The van der Waals surface area contributed by atoms with Crippen molar-refractivity contribution in [3.8, 4) is 11.5 Å². The fraction of sp³-hybridized carbons (Fsp3) is 0.500. The number of amides is 2. The highest BCUT2D eigenvalue weighted by atomic mass is 16.5. The minimum Gasteiger partial charge on any atom is -0.493 e. The predicted octanol–water partition coefficient (Wildman–Crippen LogP) is -0.154. The fourth-order valence-corrected chi connectivity index (χ4v) is 3.24. The van der Waals surface area contributed by atoms with Gasteiger partial charge in [0.15, 0.2) is 11.5 Å². The van der Waals surface area contributed by atoms with E-state index in [4.69, 9.17) is 9.47 Å². The third-order valence-electron chi connectivity index (χ3n) is 4.40. The second kappa shape index (κ2) is 6.45. The number of nitrogens with zero attached hydrogens (tertiary/aromatic N) is 2. The third kappa shape index (κ3) is 2.96. The summed E-state index contributed by atoms with van der Waals surface area (Å²) in [5.41, 5.74) is 1.05. The molecule has 0 aromatic heterocycles. The van der Waals surface area contributed by atoms with Crippen LogP contribution < -0.4 is 14.8 Å². The van der Waals surface area contributed by atoms with Crippen molar-refractivity contribution in [3.63, 3.8) is 0 Å². The van der Waals surface area contributed by atoms with Gasteiger partial charge in [0.25, 0.3) is 0 Å². The molecule has 0 aliphatic carbocycles. The Morgan fingerprint density at radius 3 is 2.78 bits per heavy atom. The van der Waals surface area contributed by atoms with E-state index in [-0.39, 0.29) is 6.04 Å². The van der Waals surface area contributed by atoms with Crippen LogP contribution >= 0.6 is 0 Å². The lowest BCUT2D eigenvalue weighted by Crippen LogP contribution is -2.65. The molecule has 2 heterocycles. The number of piperazine rings is 2. The molecule has 7 nitrogen and oxygen atoms in total. The summed E-state index contributed by atoms with van der Waals surface area (Å²) in [4.78, 5) is 27.2. The summed E-state index contributed by atoms with van der Waals surface area (Å²) in [7, 11) is 3.26. The van der Waals surface area contributed by atoms with Crippen molar-refractivity contribution in [1.82, 2.24) is 15.1 Å². The molecule has 124 valence electrons. The first-order chi connectivity index (χ1) is 11.1. The molecule has 1 N–H and O–H groups in total. The molecule has 2 saturated heterocycles. The van der Waals surface area contributed by atoms with Gasteiger partial charge in [-0.25, -0.2) is 0 Å². The van der Waals surface area contributed by atoms with Crippen LogP contribution in [0.5, 0.6) is 11.5 Å². The molecular weight excluding hydrogens is 298 g/mol. The second-order valence-corrected chi connectivity index (χ2v) is 5.75. The van der Waals surface area contributed by atoms with E-state index in [1.807, 2.05) is 18.2 Å². The zero-order valence-electron chi connectivity index (χ0n) is 13.4. The molecule has 7 heteroatoms. The summed E-state index contributed by atoms with van der Waals surface area (Å²) in [5, 5.41) is 2.65. The van der Waals surface area contributed by atoms with Gasteiger partial charge >= 0.3 is 11.8 Å². The first kappa shape index (κ1) is 15.6. The summed E-state index contributed by atoms with van der Waals surface area (Å²) in [6, 6.07) is 5.86. The number of carbonyl (C=O) groups is 2. The van der Waals surface area contributed by atoms with Crippen molar-refractivity contribution in [1.29, 1.82) is 0 Å². The van der Waals surface area contributed by atoms with Gasteiger partial charge in [-0.15, -0.1) is 0 Å². The minimum atomic E-state index is -0.496. The van der Waals surface area contributed by atoms with Gasteiger partial charge in [0.2, 0.25) is 0 Å². The summed E-state index contributed by atoms with van der Waals surface area (Å²) < 4.78 is 10.8. The number of ether oxygens (including phenoxy) is 2. The van der Waals surface area contributed by atoms with E-state index in [0.29, 0.717) is 25.4 Å². The molecule has 0 radical (unpaired) electrons. The van der Waals surface area contributed by atoms with Crippen LogP contribution in [-0.4, -0.2) is 68.1 Å². The molecule has 23 heavy (non-hydrogen) atoms. The SMILES string of the molecule is COc1cccc(CN2CCN3C(=O)C(=O)NC[C@H]3C2)c1OC. The maximum atomic E-state index is 11.9. The number of hydrogen-bond acceptors (Lipinski definition) is 5. The van der Waals surface area contributed by atoms with E-state index in [0.717, 1.165) is 24.4 Å². The van der Waals surface area contributed by atoms with Gasteiger partial charge in [0, 0.05) is 38.3 Å². The van der Waals surface area contributed by atoms with Crippen LogP contribution in [-0.2, 0) is 16.1 Å². The lowest BCUT2D eigenvalue weighted by Gasteiger charge is -2.43. The molecule has 2 amide bonds. The van der Waals surface area contributed by atoms with Crippen LogP contribution in [0.4, 0.5) is 0 Å². The Morgan fingerprint density at radius 2 is 2.04 bits per heavy atom. The smallest absolute Gasteiger partial charge is 0.312 e. The van der Waals surface area contributed by atoms with Crippen LogP contribution in [0.3, 0.4) is 0 Å². The van der Waals surface area contributed by atoms with E-state index in [2.05, 4.69) is 10.2 Å². The van der Waals surface area contributed by atoms with Gasteiger partial charge in [-0.1, -0.05) is 12.1 Å². The number of carbonyl (C=O) groups excluding carboxylic acids is 2.